The summed E-state index contributed by atoms with van der Waals surface area (Å²) in [5, 5.41) is 19.1. The Morgan fingerprint density at radius 1 is 0.569 bits per heavy atom. The third-order valence-corrected chi connectivity index (χ3v) is 18.5. The average Bonchev–Trinajstić information content (AvgIpc) is 3.84. The fourth-order valence-corrected chi connectivity index (χ4v) is 13.4. The first-order valence-corrected chi connectivity index (χ1v) is 25.4. The Bertz CT molecular complexity index is 1730. The lowest BCUT2D eigenvalue weighted by atomic mass is 9.49. The van der Waals surface area contributed by atoms with Crippen LogP contribution in [0.25, 0.3) is 0 Å². The first kappa shape index (κ1) is 73.6. The lowest BCUT2D eigenvalue weighted by molar-refractivity contribution is -0.225. The Morgan fingerprint density at radius 3 is 1.40 bits per heavy atom. The molecular weight excluding hydrogens is 909 g/mol. The number of carboxylic acids is 1. The van der Waals surface area contributed by atoms with Crippen molar-refractivity contribution in [3.8, 4) is 0 Å². The molecule has 10 saturated carbocycles. The molecule has 10 bridgehead atoms. The number of rotatable bonds is 11. The highest BCUT2D eigenvalue weighted by Crippen LogP contribution is 2.62. The third kappa shape index (κ3) is 15.0. The molecule has 428 valence electrons. The predicted molar refractivity (Wildman–Crippen MR) is 297 cm³/mol. The Morgan fingerprint density at radius 2 is 1.00 bits per heavy atom. The zero-order valence-corrected chi connectivity index (χ0v) is 41.9. The van der Waals surface area contributed by atoms with E-state index in [0.717, 1.165) is 69.6 Å². The van der Waals surface area contributed by atoms with E-state index in [0.29, 0.717) is 42.4 Å². The molecule has 0 amide bonds. The molecule has 11 rings (SSSR count). The minimum atomic E-state index is -0.722. The molecule has 10 unspecified atom stereocenters. The van der Waals surface area contributed by atoms with Crippen LogP contribution in [-0.2, 0) is 42.9 Å². The number of esters is 4. The van der Waals surface area contributed by atoms with Crippen molar-refractivity contribution in [3.05, 3.63) is 0 Å². The molecule has 11 heteroatoms. The van der Waals surface area contributed by atoms with Crippen LogP contribution in [0.15, 0.2) is 0 Å². The van der Waals surface area contributed by atoms with E-state index in [2.05, 4.69) is 13.8 Å². The van der Waals surface area contributed by atoms with Crippen molar-refractivity contribution in [1.29, 1.82) is 0 Å². The largest absolute Gasteiger partial charge is 0.481 e. The third-order valence-electron chi connectivity index (χ3n) is 18.5. The molecular formula is C61H118O11. The lowest BCUT2D eigenvalue weighted by Crippen LogP contribution is -2.61. The van der Waals surface area contributed by atoms with Crippen LogP contribution in [0.5, 0.6) is 0 Å². The summed E-state index contributed by atoms with van der Waals surface area (Å²) < 4.78 is 23.1. The molecule has 1 aliphatic heterocycles. The molecule has 2 N–H and O–H groups in total. The number of hydrogen-bond acceptors (Lipinski definition) is 10. The van der Waals surface area contributed by atoms with Crippen LogP contribution in [0, 0.1) is 74.4 Å². The maximum atomic E-state index is 12.4. The van der Waals surface area contributed by atoms with E-state index >= 15 is 0 Å². The summed E-state index contributed by atoms with van der Waals surface area (Å²) in [7, 11) is 0. The van der Waals surface area contributed by atoms with E-state index < -0.39 is 27.8 Å². The van der Waals surface area contributed by atoms with Crippen LogP contribution >= 0.6 is 0 Å². The number of carbonyl (C=O) groups is 5. The van der Waals surface area contributed by atoms with Gasteiger partial charge in [0.2, 0.25) is 0 Å². The lowest BCUT2D eigenvalue weighted by Gasteiger charge is -2.59. The van der Waals surface area contributed by atoms with Gasteiger partial charge in [-0.3, -0.25) is 24.0 Å². The van der Waals surface area contributed by atoms with Gasteiger partial charge in [0.1, 0.15) is 23.9 Å². The highest BCUT2D eigenvalue weighted by Gasteiger charge is 2.64. The number of aliphatic carboxylic acids is 1. The van der Waals surface area contributed by atoms with Crippen LogP contribution in [0.1, 0.15) is 259 Å². The first-order chi connectivity index (χ1) is 29.5. The molecule has 11 fully saturated rings. The normalized spacial score (nSPS) is 35.0. The van der Waals surface area contributed by atoms with Gasteiger partial charge < -0.3 is 29.2 Å². The monoisotopic (exact) mass is 1030 g/mol. The number of carboxylic acid groups (broad SMARTS) is 1. The predicted octanol–water partition coefficient (Wildman–Crippen LogP) is 15.7. The maximum absolute atomic E-state index is 12.4. The van der Waals surface area contributed by atoms with E-state index in [1.54, 1.807) is 13.8 Å². The molecule has 0 radical (unpaired) electrons. The minimum absolute atomic E-state index is 0. The molecule has 1 saturated heterocycles. The second-order valence-corrected chi connectivity index (χ2v) is 25.4. The minimum Gasteiger partial charge on any atom is -0.481 e. The van der Waals surface area contributed by atoms with E-state index in [1.807, 2.05) is 62.3 Å². The quantitative estimate of drug-likeness (QED) is 0.150. The number of carbonyl (C=O) groups excluding carboxylic acids is 4. The van der Waals surface area contributed by atoms with Gasteiger partial charge in [-0.25, -0.2) is 0 Å². The van der Waals surface area contributed by atoms with Crippen LogP contribution in [0.4, 0.5) is 0 Å². The van der Waals surface area contributed by atoms with Crippen molar-refractivity contribution in [2.24, 2.45) is 74.4 Å². The van der Waals surface area contributed by atoms with Crippen LogP contribution in [-0.4, -0.2) is 69.6 Å². The average molecular weight is 1030 g/mol. The standard InChI is InChI=1S/C17H28O2.C16H26O3.C14H20O4.C6H12O2.8CH4/c1-5-16(2,3)15(18)19-14-13-7-11-6-12(8-13)10-17(14,4)9-11;1-4-14(2,3)13(17)19-16-8-11-5-12(9-16)7-15(18,6-11)10-16;1-4-14(2,3)13(16)18-10-7-5-8-9(6-7)12(15)17-11(8)10;1-4-6(2,3)5(7)8;;;;;;;;/h11-14H,5-10H2,1-4H3;11-12,18H,4-10H2,1-3H3;7-11H,4-6H2,1-3H3;4H2,1-3H3,(H,7,8);8*1H4. The van der Waals surface area contributed by atoms with Crippen LogP contribution in [0.2, 0.25) is 0 Å². The fourth-order valence-electron chi connectivity index (χ4n) is 13.4. The van der Waals surface area contributed by atoms with Crippen molar-refractivity contribution < 1.29 is 53.1 Å². The topological polar surface area (TPSA) is 163 Å². The van der Waals surface area contributed by atoms with E-state index in [1.165, 1.54) is 38.5 Å². The first-order valence-electron chi connectivity index (χ1n) is 25.4. The van der Waals surface area contributed by atoms with Crippen molar-refractivity contribution in [3.63, 3.8) is 0 Å². The zero-order chi connectivity index (χ0) is 47.6. The number of hydrogen-bond donors (Lipinski definition) is 2. The molecule has 0 spiro atoms. The highest BCUT2D eigenvalue weighted by molar-refractivity contribution is 5.79. The van der Waals surface area contributed by atoms with E-state index in [9.17, 15) is 29.1 Å². The summed E-state index contributed by atoms with van der Waals surface area (Å²) in [6.07, 6.45) is 17.0. The Hall–Kier alpha value is -2.69. The maximum Gasteiger partial charge on any atom is 0.312 e. The smallest absolute Gasteiger partial charge is 0.312 e. The molecule has 11 nitrogen and oxygen atoms in total. The van der Waals surface area contributed by atoms with Gasteiger partial charge in [-0.15, -0.1) is 0 Å². The molecule has 10 atom stereocenters. The van der Waals surface area contributed by atoms with Crippen molar-refractivity contribution >= 4 is 29.8 Å². The fraction of sp³-hybridized carbons (Fsp3) is 0.918. The zero-order valence-electron chi connectivity index (χ0n) is 41.9. The van der Waals surface area contributed by atoms with Gasteiger partial charge in [0.15, 0.2) is 0 Å². The molecule has 0 aromatic carbocycles. The van der Waals surface area contributed by atoms with Gasteiger partial charge in [-0.05, 0) is 188 Å². The SMILES string of the molecule is C.C.C.C.C.C.C.C.CCC(C)(C)C(=O)O.CCC(C)(C)C(=O)OC12CC3CC(CC(O)(C3)C1)C2.CCC(C)(C)C(=O)OC1C2CC3C(=O)OC1C3C2.CCC(C)(C)C(=O)OC1C2CC3CC(C2)CC1(C)C3. The number of ether oxygens (including phenoxy) is 4. The Kier molecular flexibility index (Phi) is 27.0. The Balaban J connectivity index is -0.000000878. The van der Waals surface area contributed by atoms with Gasteiger partial charge in [-0.1, -0.05) is 94.0 Å². The highest BCUT2D eigenvalue weighted by atomic mass is 16.6. The Labute approximate surface area is 443 Å². The molecule has 11 aliphatic rings. The van der Waals surface area contributed by atoms with Crippen molar-refractivity contribution in [2.75, 3.05) is 0 Å². The van der Waals surface area contributed by atoms with E-state index in [-0.39, 0.29) is 124 Å². The van der Waals surface area contributed by atoms with Crippen molar-refractivity contribution in [2.45, 2.75) is 288 Å². The summed E-state index contributed by atoms with van der Waals surface area (Å²) in [6.45, 7) is 25.4. The summed E-state index contributed by atoms with van der Waals surface area (Å²) in [4.78, 5) is 58.8. The van der Waals surface area contributed by atoms with E-state index in [4.69, 9.17) is 24.1 Å². The molecule has 10 aliphatic carbocycles. The van der Waals surface area contributed by atoms with Gasteiger partial charge in [-0.2, -0.15) is 0 Å². The summed E-state index contributed by atoms with van der Waals surface area (Å²) in [6, 6.07) is 0. The van der Waals surface area contributed by atoms with Crippen LogP contribution < -0.4 is 0 Å². The second-order valence-electron chi connectivity index (χ2n) is 25.4. The second kappa shape index (κ2) is 26.4. The number of fused-ring (bicyclic) bond motifs is 1. The van der Waals surface area contributed by atoms with Gasteiger partial charge >= 0.3 is 29.8 Å². The van der Waals surface area contributed by atoms with Gasteiger partial charge in [0.05, 0.1) is 33.2 Å². The van der Waals surface area contributed by atoms with Crippen molar-refractivity contribution in [1.82, 2.24) is 0 Å². The number of aliphatic hydroxyl groups is 1. The summed E-state index contributed by atoms with van der Waals surface area (Å²) >= 11 is 0. The van der Waals surface area contributed by atoms with Gasteiger partial charge in [0.25, 0.3) is 0 Å². The summed E-state index contributed by atoms with van der Waals surface area (Å²) in [5.41, 5.74) is -2.38. The molecule has 1 heterocycles. The molecule has 72 heavy (non-hydrogen) atoms. The van der Waals surface area contributed by atoms with Crippen LogP contribution in [0.3, 0.4) is 0 Å². The van der Waals surface area contributed by atoms with Gasteiger partial charge in [0, 0.05) is 23.7 Å². The summed E-state index contributed by atoms with van der Waals surface area (Å²) in [5.74, 6) is 3.26. The molecule has 0 aromatic heterocycles. The molecule has 0 aromatic rings.